The summed E-state index contributed by atoms with van der Waals surface area (Å²) >= 11 is 1.52. The minimum absolute atomic E-state index is 0.0328. The number of benzene rings is 1. The van der Waals surface area contributed by atoms with Crippen LogP contribution in [-0.4, -0.2) is 29.4 Å². The van der Waals surface area contributed by atoms with Crippen LogP contribution in [0.15, 0.2) is 35.7 Å². The predicted molar refractivity (Wildman–Crippen MR) is 85.4 cm³/mol. The first-order valence-corrected chi connectivity index (χ1v) is 8.14. The van der Waals surface area contributed by atoms with Crippen LogP contribution in [-0.2, 0) is 16.0 Å². The Morgan fingerprint density at radius 3 is 2.68 bits per heavy atom. The van der Waals surface area contributed by atoms with E-state index in [4.69, 9.17) is 0 Å². The first kappa shape index (κ1) is 14.7. The zero-order chi connectivity index (χ0) is 15.4. The molecule has 3 rings (SSSR count). The van der Waals surface area contributed by atoms with Gasteiger partial charge in [-0.25, -0.2) is 4.98 Å². The number of hydrogen-bond donors (Lipinski definition) is 2. The molecule has 0 bridgehead atoms. The lowest BCUT2D eigenvalue weighted by Gasteiger charge is -2.04. The van der Waals surface area contributed by atoms with Crippen LogP contribution in [0.4, 0.5) is 0 Å². The van der Waals surface area contributed by atoms with Crippen molar-refractivity contribution in [2.45, 2.75) is 25.3 Å². The van der Waals surface area contributed by atoms with Gasteiger partial charge in [-0.2, -0.15) is 0 Å². The molecule has 0 spiro atoms. The number of thiazole rings is 1. The van der Waals surface area contributed by atoms with E-state index in [1.807, 2.05) is 35.7 Å². The van der Waals surface area contributed by atoms with Gasteiger partial charge in [-0.05, 0) is 12.8 Å². The Bertz CT molecular complexity index is 665. The average molecular weight is 315 g/mol. The number of carbonyl (C=O) groups excluding carboxylic acids is 2. The maximum atomic E-state index is 11.8. The van der Waals surface area contributed by atoms with Gasteiger partial charge in [-0.3, -0.25) is 9.59 Å². The summed E-state index contributed by atoms with van der Waals surface area (Å²) in [5.74, 6) is -0.310. The molecule has 2 aromatic rings. The van der Waals surface area contributed by atoms with Gasteiger partial charge in [-0.1, -0.05) is 30.3 Å². The van der Waals surface area contributed by atoms with Crippen molar-refractivity contribution in [1.82, 2.24) is 15.6 Å². The molecule has 1 aromatic carbocycles. The molecule has 1 heterocycles. The summed E-state index contributed by atoms with van der Waals surface area (Å²) < 4.78 is 0. The monoisotopic (exact) mass is 315 g/mol. The third-order valence-corrected chi connectivity index (χ3v) is 4.24. The zero-order valence-corrected chi connectivity index (χ0v) is 12.9. The van der Waals surface area contributed by atoms with Crippen LogP contribution < -0.4 is 10.6 Å². The van der Waals surface area contributed by atoms with Crippen LogP contribution in [0.3, 0.4) is 0 Å². The first-order valence-electron chi connectivity index (χ1n) is 7.26. The van der Waals surface area contributed by atoms with E-state index in [9.17, 15) is 9.59 Å². The molecule has 0 atom stereocenters. The highest BCUT2D eigenvalue weighted by atomic mass is 32.1. The first-order chi connectivity index (χ1) is 10.7. The minimum Gasteiger partial charge on any atom is -0.352 e. The highest BCUT2D eigenvalue weighted by Gasteiger charge is 2.23. The molecule has 1 saturated carbocycles. The van der Waals surface area contributed by atoms with Crippen LogP contribution in [0.25, 0.3) is 10.6 Å². The van der Waals surface area contributed by atoms with Crippen molar-refractivity contribution in [1.29, 1.82) is 0 Å². The Hall–Kier alpha value is -2.21. The predicted octanol–water partition coefficient (Wildman–Crippen LogP) is 1.75. The van der Waals surface area contributed by atoms with Gasteiger partial charge in [0.25, 0.3) is 0 Å². The Balaban J connectivity index is 1.49. The smallest absolute Gasteiger partial charge is 0.239 e. The van der Waals surface area contributed by atoms with E-state index in [1.165, 1.54) is 11.3 Å². The number of amides is 2. The van der Waals surface area contributed by atoms with Crippen molar-refractivity contribution in [2.24, 2.45) is 0 Å². The van der Waals surface area contributed by atoms with Crippen molar-refractivity contribution >= 4 is 23.2 Å². The number of rotatable bonds is 6. The van der Waals surface area contributed by atoms with Crippen molar-refractivity contribution < 1.29 is 9.59 Å². The lowest BCUT2D eigenvalue weighted by molar-refractivity contribution is -0.125. The molecule has 1 aliphatic rings. The molecule has 2 amide bonds. The van der Waals surface area contributed by atoms with Crippen molar-refractivity contribution in [3.8, 4) is 10.6 Å². The summed E-state index contributed by atoms with van der Waals surface area (Å²) in [5, 5.41) is 8.24. The largest absolute Gasteiger partial charge is 0.352 e. The number of aromatic nitrogens is 1. The minimum atomic E-state index is -0.184. The van der Waals surface area contributed by atoms with Crippen LogP contribution in [0.5, 0.6) is 0 Å². The second kappa shape index (κ2) is 6.70. The molecule has 2 N–H and O–H groups in total. The van der Waals surface area contributed by atoms with Gasteiger partial charge in [0.1, 0.15) is 5.01 Å². The average Bonchev–Trinajstić information content (AvgIpc) is 3.22. The summed E-state index contributed by atoms with van der Waals surface area (Å²) in [6.07, 6.45) is 2.28. The molecule has 6 heteroatoms. The molecular formula is C16H17N3O2S. The molecule has 5 nitrogen and oxygen atoms in total. The van der Waals surface area contributed by atoms with Gasteiger partial charge in [0.2, 0.25) is 11.8 Å². The highest BCUT2D eigenvalue weighted by Crippen LogP contribution is 2.23. The molecule has 0 unspecified atom stereocenters. The number of hydrogen-bond acceptors (Lipinski definition) is 4. The van der Waals surface area contributed by atoms with E-state index in [2.05, 4.69) is 15.6 Å². The van der Waals surface area contributed by atoms with Crippen molar-refractivity contribution in [3.63, 3.8) is 0 Å². The quantitative estimate of drug-likeness (QED) is 0.853. The zero-order valence-electron chi connectivity index (χ0n) is 12.0. The topological polar surface area (TPSA) is 71.1 Å². The Kier molecular flexibility index (Phi) is 4.48. The fourth-order valence-corrected chi connectivity index (χ4v) is 2.84. The SMILES string of the molecule is O=C(Cc1csc(-c2ccccc2)n1)NCC(=O)NC1CC1. The Morgan fingerprint density at radius 1 is 1.18 bits per heavy atom. The summed E-state index contributed by atoms with van der Waals surface area (Å²) in [5.41, 5.74) is 1.77. The van der Waals surface area contributed by atoms with Gasteiger partial charge in [0.15, 0.2) is 0 Å². The van der Waals surface area contributed by atoms with Gasteiger partial charge >= 0.3 is 0 Å². The lowest BCUT2D eigenvalue weighted by Crippen LogP contribution is -2.38. The van der Waals surface area contributed by atoms with Gasteiger partial charge in [-0.15, -0.1) is 11.3 Å². The number of carbonyl (C=O) groups is 2. The third kappa shape index (κ3) is 4.14. The van der Waals surface area contributed by atoms with E-state index < -0.39 is 0 Å². The molecule has 1 fully saturated rings. The molecule has 114 valence electrons. The molecular weight excluding hydrogens is 298 g/mol. The second-order valence-electron chi connectivity index (χ2n) is 5.31. The number of nitrogens with one attached hydrogen (secondary N) is 2. The lowest BCUT2D eigenvalue weighted by atomic mass is 10.2. The molecule has 22 heavy (non-hydrogen) atoms. The van der Waals surface area contributed by atoms with E-state index in [1.54, 1.807) is 0 Å². The molecule has 1 aromatic heterocycles. The molecule has 0 saturated heterocycles. The maximum Gasteiger partial charge on any atom is 0.239 e. The van der Waals surface area contributed by atoms with Crippen LogP contribution in [0.2, 0.25) is 0 Å². The van der Waals surface area contributed by atoms with E-state index in [0.29, 0.717) is 6.04 Å². The van der Waals surface area contributed by atoms with E-state index >= 15 is 0 Å². The Morgan fingerprint density at radius 2 is 1.95 bits per heavy atom. The Labute approximate surface area is 132 Å². The van der Waals surface area contributed by atoms with Gasteiger partial charge in [0, 0.05) is 17.0 Å². The van der Waals surface area contributed by atoms with Crippen molar-refractivity contribution in [3.05, 3.63) is 41.4 Å². The van der Waals surface area contributed by atoms with Crippen LogP contribution >= 0.6 is 11.3 Å². The third-order valence-electron chi connectivity index (χ3n) is 3.30. The van der Waals surface area contributed by atoms with E-state index in [0.717, 1.165) is 29.1 Å². The molecule has 0 aliphatic heterocycles. The number of nitrogens with zero attached hydrogens (tertiary/aromatic N) is 1. The van der Waals surface area contributed by atoms with Gasteiger partial charge in [0.05, 0.1) is 18.7 Å². The van der Waals surface area contributed by atoms with E-state index in [-0.39, 0.29) is 24.8 Å². The second-order valence-corrected chi connectivity index (χ2v) is 6.16. The van der Waals surface area contributed by atoms with Gasteiger partial charge < -0.3 is 10.6 Å². The normalized spacial score (nSPS) is 13.6. The summed E-state index contributed by atoms with van der Waals surface area (Å²) in [7, 11) is 0. The fraction of sp³-hybridized carbons (Fsp3) is 0.312. The van der Waals surface area contributed by atoms with Crippen LogP contribution in [0, 0.1) is 0 Å². The summed E-state index contributed by atoms with van der Waals surface area (Å²) in [6.45, 7) is 0.0328. The fourth-order valence-electron chi connectivity index (χ4n) is 2.01. The standard InChI is InChI=1S/C16H17N3O2S/c20-14(17-9-15(21)18-12-6-7-12)8-13-10-22-16(19-13)11-4-2-1-3-5-11/h1-5,10,12H,6-9H2,(H,17,20)(H,18,21). The summed E-state index contributed by atoms with van der Waals surface area (Å²) in [6, 6.07) is 10.2. The maximum absolute atomic E-state index is 11.8. The molecule has 0 radical (unpaired) electrons. The summed E-state index contributed by atoms with van der Waals surface area (Å²) in [4.78, 5) is 27.8. The molecule has 1 aliphatic carbocycles. The highest BCUT2D eigenvalue weighted by molar-refractivity contribution is 7.13. The van der Waals surface area contributed by atoms with Crippen molar-refractivity contribution in [2.75, 3.05) is 6.54 Å². The van der Waals surface area contributed by atoms with Crippen LogP contribution in [0.1, 0.15) is 18.5 Å².